The number of aliphatic imine (C=N–C) groups is 1. The van der Waals surface area contributed by atoms with Crippen molar-refractivity contribution >= 4 is 6.72 Å². The summed E-state index contributed by atoms with van der Waals surface area (Å²) >= 11 is 0. The largest absolute Gasteiger partial charge is 0.264 e. The fraction of sp³-hybridized carbons (Fsp3) is 0.462. The van der Waals surface area contributed by atoms with E-state index in [9.17, 15) is 0 Å². The Bertz CT molecular complexity index is 292. The van der Waals surface area contributed by atoms with E-state index >= 15 is 0 Å². The van der Waals surface area contributed by atoms with Crippen molar-refractivity contribution in [2.24, 2.45) is 16.8 Å². The van der Waals surface area contributed by atoms with Crippen LogP contribution in [-0.2, 0) is 0 Å². The van der Waals surface area contributed by atoms with Gasteiger partial charge in [-0.2, -0.15) is 0 Å². The van der Waals surface area contributed by atoms with E-state index < -0.39 is 0 Å². The van der Waals surface area contributed by atoms with Crippen molar-refractivity contribution in [3.05, 3.63) is 35.6 Å². The van der Waals surface area contributed by atoms with E-state index in [-0.39, 0.29) is 0 Å². The average Bonchev–Trinajstić information content (AvgIpc) is 2.38. The first-order valence-electron chi connectivity index (χ1n) is 5.25. The van der Waals surface area contributed by atoms with E-state index in [1.807, 2.05) is 0 Å². The zero-order chi connectivity index (χ0) is 10.6. The van der Waals surface area contributed by atoms with Crippen molar-refractivity contribution in [1.29, 1.82) is 0 Å². The van der Waals surface area contributed by atoms with Crippen LogP contribution in [0.4, 0.5) is 0 Å². The van der Waals surface area contributed by atoms with Gasteiger partial charge in [0.05, 0.1) is 5.70 Å². The number of allylic oxidation sites excluding steroid dienone is 5. The van der Waals surface area contributed by atoms with E-state index in [4.69, 9.17) is 0 Å². The molecular formula is C13H19N. The summed E-state index contributed by atoms with van der Waals surface area (Å²) in [5.74, 6) is 1.17. The van der Waals surface area contributed by atoms with Crippen molar-refractivity contribution in [3.63, 3.8) is 0 Å². The van der Waals surface area contributed by atoms with Crippen molar-refractivity contribution in [3.8, 4) is 0 Å². The molecule has 1 unspecified atom stereocenters. The summed E-state index contributed by atoms with van der Waals surface area (Å²) in [6, 6.07) is 0. The molecule has 1 aliphatic carbocycles. The van der Waals surface area contributed by atoms with E-state index in [0.29, 0.717) is 11.8 Å². The molecule has 0 N–H and O–H groups in total. The lowest BCUT2D eigenvalue weighted by Crippen LogP contribution is -2.00. The van der Waals surface area contributed by atoms with Crippen LogP contribution in [0, 0.1) is 11.8 Å². The smallest absolute Gasteiger partial charge is 0.0651 e. The summed E-state index contributed by atoms with van der Waals surface area (Å²) < 4.78 is 0. The maximum atomic E-state index is 4.05. The Hall–Kier alpha value is -1.11. The molecule has 14 heavy (non-hydrogen) atoms. The molecule has 1 aliphatic rings. The van der Waals surface area contributed by atoms with E-state index in [2.05, 4.69) is 56.8 Å². The molecule has 0 spiro atoms. The lowest BCUT2D eigenvalue weighted by molar-refractivity contribution is 0.550. The fourth-order valence-electron chi connectivity index (χ4n) is 1.58. The molecule has 1 heteroatoms. The minimum Gasteiger partial charge on any atom is -0.264 e. The number of hydrogen-bond acceptors (Lipinski definition) is 1. The molecule has 1 nitrogen and oxygen atoms in total. The number of nitrogens with zero attached hydrogens (tertiary/aromatic N) is 1. The molecule has 0 aromatic carbocycles. The van der Waals surface area contributed by atoms with Gasteiger partial charge in [-0.1, -0.05) is 39.0 Å². The van der Waals surface area contributed by atoms with Gasteiger partial charge in [0.25, 0.3) is 0 Å². The summed E-state index contributed by atoms with van der Waals surface area (Å²) in [5, 5.41) is 0. The Morgan fingerprint density at radius 3 is 2.50 bits per heavy atom. The van der Waals surface area contributed by atoms with Crippen LogP contribution in [0.25, 0.3) is 0 Å². The van der Waals surface area contributed by atoms with Crippen LogP contribution in [-0.4, -0.2) is 6.72 Å². The van der Waals surface area contributed by atoms with Gasteiger partial charge in [0.15, 0.2) is 0 Å². The monoisotopic (exact) mass is 189 g/mol. The van der Waals surface area contributed by atoms with Gasteiger partial charge in [0.1, 0.15) is 0 Å². The van der Waals surface area contributed by atoms with E-state index in [1.54, 1.807) is 0 Å². The van der Waals surface area contributed by atoms with Gasteiger partial charge >= 0.3 is 0 Å². The second-order valence-electron chi connectivity index (χ2n) is 3.96. The molecule has 0 aromatic rings. The van der Waals surface area contributed by atoms with Crippen LogP contribution in [0.3, 0.4) is 0 Å². The highest BCUT2D eigenvalue weighted by atomic mass is 14.7. The summed E-state index contributed by atoms with van der Waals surface area (Å²) in [4.78, 5) is 4.05. The van der Waals surface area contributed by atoms with Gasteiger partial charge in [-0.3, -0.25) is 4.99 Å². The van der Waals surface area contributed by atoms with Crippen molar-refractivity contribution in [2.75, 3.05) is 0 Å². The Labute approximate surface area is 86.9 Å². The first-order valence-corrected chi connectivity index (χ1v) is 5.25. The first-order chi connectivity index (χ1) is 6.69. The first kappa shape index (κ1) is 11.0. The van der Waals surface area contributed by atoms with Gasteiger partial charge in [-0.25, -0.2) is 0 Å². The predicted molar refractivity (Wildman–Crippen MR) is 63.5 cm³/mol. The minimum absolute atomic E-state index is 0.524. The van der Waals surface area contributed by atoms with Crippen LogP contribution in [0.2, 0.25) is 0 Å². The van der Waals surface area contributed by atoms with E-state index in [1.165, 1.54) is 5.57 Å². The molecular weight excluding hydrogens is 170 g/mol. The molecule has 0 heterocycles. The molecule has 0 fully saturated rings. The molecule has 0 radical (unpaired) electrons. The third-order valence-electron chi connectivity index (χ3n) is 2.65. The zero-order valence-electron chi connectivity index (χ0n) is 9.33. The second kappa shape index (κ2) is 4.94. The quantitative estimate of drug-likeness (QED) is 0.600. The van der Waals surface area contributed by atoms with Crippen LogP contribution in [0.15, 0.2) is 40.6 Å². The van der Waals surface area contributed by atoms with Gasteiger partial charge in [0.2, 0.25) is 0 Å². The highest BCUT2D eigenvalue weighted by Gasteiger charge is 2.09. The van der Waals surface area contributed by atoms with E-state index in [0.717, 1.165) is 12.1 Å². The second-order valence-corrected chi connectivity index (χ2v) is 3.96. The molecule has 1 atom stereocenters. The van der Waals surface area contributed by atoms with Gasteiger partial charge in [-0.15, -0.1) is 0 Å². The molecule has 0 aromatic heterocycles. The zero-order valence-corrected chi connectivity index (χ0v) is 9.33. The molecule has 0 saturated heterocycles. The molecule has 76 valence electrons. The topological polar surface area (TPSA) is 12.4 Å². The van der Waals surface area contributed by atoms with Crippen LogP contribution in [0.5, 0.6) is 0 Å². The standard InChI is InChI=1S/C13H19N/c1-5-11-6-7-12(10(2)3)8-9-13(11)14-4/h6-10,12H,4-5H2,1-3H3. The highest BCUT2D eigenvalue weighted by molar-refractivity contribution is 5.41. The van der Waals surface area contributed by atoms with Crippen LogP contribution < -0.4 is 0 Å². The Morgan fingerprint density at radius 1 is 1.36 bits per heavy atom. The average molecular weight is 189 g/mol. The lowest BCUT2D eigenvalue weighted by Gasteiger charge is -2.10. The maximum Gasteiger partial charge on any atom is 0.0651 e. The summed E-state index contributed by atoms with van der Waals surface area (Å²) in [6.45, 7) is 10.2. The normalized spacial score (nSPS) is 21.6. The molecule has 0 aliphatic heterocycles. The van der Waals surface area contributed by atoms with Crippen molar-refractivity contribution < 1.29 is 0 Å². The van der Waals surface area contributed by atoms with Gasteiger partial charge in [-0.05, 0) is 36.6 Å². The molecule has 0 amide bonds. The number of rotatable bonds is 3. The highest BCUT2D eigenvalue weighted by Crippen LogP contribution is 2.23. The van der Waals surface area contributed by atoms with Crippen LogP contribution in [0.1, 0.15) is 27.2 Å². The predicted octanol–water partition coefficient (Wildman–Crippen LogP) is 3.75. The fourth-order valence-corrected chi connectivity index (χ4v) is 1.58. The Balaban J connectivity index is 2.95. The third kappa shape index (κ3) is 2.44. The van der Waals surface area contributed by atoms with Gasteiger partial charge in [0, 0.05) is 0 Å². The Morgan fingerprint density at radius 2 is 2.00 bits per heavy atom. The van der Waals surface area contributed by atoms with Crippen molar-refractivity contribution in [1.82, 2.24) is 0 Å². The number of hydrogen-bond donors (Lipinski definition) is 0. The molecule has 1 rings (SSSR count). The summed E-state index contributed by atoms with van der Waals surface area (Å²) in [5.41, 5.74) is 2.30. The van der Waals surface area contributed by atoms with Crippen molar-refractivity contribution in [2.45, 2.75) is 27.2 Å². The third-order valence-corrected chi connectivity index (χ3v) is 2.65. The molecule has 0 saturated carbocycles. The SMILES string of the molecule is C=NC1=C(CC)C=CC(C(C)C)C=C1. The lowest BCUT2D eigenvalue weighted by atomic mass is 9.95. The summed E-state index contributed by atoms with van der Waals surface area (Å²) in [7, 11) is 0. The Kier molecular flexibility index (Phi) is 3.87. The molecule has 0 bridgehead atoms. The minimum atomic E-state index is 0.524. The summed E-state index contributed by atoms with van der Waals surface area (Å²) in [6.07, 6.45) is 9.78. The van der Waals surface area contributed by atoms with Gasteiger partial charge < -0.3 is 0 Å². The van der Waals surface area contributed by atoms with Crippen LogP contribution >= 0.6 is 0 Å². The maximum absolute atomic E-state index is 4.05.